The summed E-state index contributed by atoms with van der Waals surface area (Å²) >= 11 is 7.63. The van der Waals surface area contributed by atoms with E-state index in [4.69, 9.17) is 21.3 Å². The Morgan fingerprint density at radius 1 is 1.12 bits per heavy atom. The molecule has 0 unspecified atom stereocenters. The van der Waals surface area contributed by atoms with Crippen molar-refractivity contribution in [1.82, 2.24) is 9.88 Å². The molecule has 0 spiro atoms. The number of sulfone groups is 1. The van der Waals surface area contributed by atoms with Crippen molar-refractivity contribution in [2.45, 2.75) is 31.1 Å². The van der Waals surface area contributed by atoms with E-state index in [0.717, 1.165) is 28.7 Å². The number of amides is 1. The first-order chi connectivity index (χ1) is 16.1. The highest BCUT2D eigenvalue weighted by atomic mass is 35.5. The molecule has 0 atom stereocenters. The normalized spacial score (nSPS) is 11.8. The molecule has 0 aliphatic heterocycles. The van der Waals surface area contributed by atoms with Gasteiger partial charge in [-0.1, -0.05) is 22.9 Å². The molecule has 184 valence electrons. The SMILES string of the molecule is COc1ccc(S(=O)(=O)CCCC(=O)N(CCCN(C)C)c2nc3c(C)cc(Cl)cc3s2)cc1. The minimum atomic E-state index is -3.49. The minimum Gasteiger partial charge on any atom is -0.497 e. The molecule has 34 heavy (non-hydrogen) atoms. The van der Waals surface area contributed by atoms with Crippen LogP contribution in [0.15, 0.2) is 41.3 Å². The lowest BCUT2D eigenvalue weighted by atomic mass is 10.2. The number of fused-ring (bicyclic) bond motifs is 1. The molecule has 0 saturated heterocycles. The summed E-state index contributed by atoms with van der Waals surface area (Å²) < 4.78 is 31.4. The number of methoxy groups -OCH3 is 1. The standard InChI is InChI=1S/C24H30ClN3O4S2/c1-17-15-18(25)16-21-23(17)26-24(33-21)28(13-6-12-27(2)3)22(29)7-5-14-34(30,31)20-10-8-19(32-4)9-11-20/h8-11,15-16H,5-7,12-14H2,1-4H3. The number of rotatable bonds is 11. The van der Waals surface area contributed by atoms with Crippen LogP contribution in [0, 0.1) is 6.92 Å². The van der Waals surface area contributed by atoms with Crippen LogP contribution in [0.25, 0.3) is 10.2 Å². The molecule has 1 heterocycles. The first kappa shape index (κ1) is 26.4. The van der Waals surface area contributed by atoms with Crippen LogP contribution in [0.1, 0.15) is 24.8 Å². The Labute approximate surface area is 210 Å². The number of aromatic nitrogens is 1. The number of nitrogens with zero attached hydrogens (tertiary/aromatic N) is 3. The van der Waals surface area contributed by atoms with E-state index in [1.54, 1.807) is 17.0 Å². The Morgan fingerprint density at radius 2 is 1.82 bits per heavy atom. The lowest BCUT2D eigenvalue weighted by Crippen LogP contribution is -2.33. The van der Waals surface area contributed by atoms with E-state index < -0.39 is 9.84 Å². The molecule has 0 saturated carbocycles. The van der Waals surface area contributed by atoms with Crippen molar-refractivity contribution in [3.05, 3.63) is 47.0 Å². The number of benzene rings is 2. The topological polar surface area (TPSA) is 79.8 Å². The molecule has 2 aromatic carbocycles. The van der Waals surface area contributed by atoms with Crippen LogP contribution in [-0.4, -0.2) is 64.3 Å². The highest BCUT2D eigenvalue weighted by Crippen LogP contribution is 2.33. The molecular formula is C24H30ClN3O4S2. The molecule has 7 nitrogen and oxygen atoms in total. The van der Waals surface area contributed by atoms with Crippen molar-refractivity contribution < 1.29 is 17.9 Å². The molecule has 0 N–H and O–H groups in total. The quantitative estimate of drug-likeness (QED) is 0.359. The summed E-state index contributed by atoms with van der Waals surface area (Å²) in [6, 6.07) is 10.00. The summed E-state index contributed by atoms with van der Waals surface area (Å²) in [5.41, 5.74) is 1.79. The van der Waals surface area contributed by atoms with Gasteiger partial charge in [-0.2, -0.15) is 0 Å². The molecule has 1 aromatic heterocycles. The van der Waals surface area contributed by atoms with Crippen LogP contribution in [-0.2, 0) is 14.6 Å². The second-order valence-corrected chi connectivity index (χ2v) is 11.9. The predicted octanol–water partition coefficient (Wildman–Crippen LogP) is 4.81. The maximum Gasteiger partial charge on any atom is 0.228 e. The molecule has 0 aliphatic carbocycles. The van der Waals surface area contributed by atoms with Crippen molar-refractivity contribution in [2.75, 3.05) is 44.9 Å². The van der Waals surface area contributed by atoms with Gasteiger partial charge in [0.1, 0.15) is 5.75 Å². The zero-order chi connectivity index (χ0) is 24.9. The molecule has 3 aromatic rings. The first-order valence-electron chi connectivity index (χ1n) is 11.0. The van der Waals surface area contributed by atoms with Gasteiger partial charge in [0.15, 0.2) is 15.0 Å². The second kappa shape index (κ2) is 11.5. The fourth-order valence-corrected chi connectivity index (χ4v) is 6.35. The number of aryl methyl sites for hydroxylation is 1. The van der Waals surface area contributed by atoms with Gasteiger partial charge in [0, 0.05) is 18.0 Å². The summed E-state index contributed by atoms with van der Waals surface area (Å²) in [6.45, 7) is 3.28. The van der Waals surface area contributed by atoms with Crippen LogP contribution in [0.5, 0.6) is 5.75 Å². The fraction of sp³-hybridized carbons (Fsp3) is 0.417. The van der Waals surface area contributed by atoms with Crippen molar-refractivity contribution in [3.63, 3.8) is 0 Å². The molecule has 0 radical (unpaired) electrons. The van der Waals surface area contributed by atoms with Gasteiger partial charge >= 0.3 is 0 Å². The minimum absolute atomic E-state index is 0.106. The monoisotopic (exact) mass is 523 g/mol. The largest absolute Gasteiger partial charge is 0.497 e. The zero-order valence-corrected chi connectivity index (χ0v) is 22.3. The Morgan fingerprint density at radius 3 is 2.47 bits per heavy atom. The number of thiazole rings is 1. The Hall–Kier alpha value is -2.20. The lowest BCUT2D eigenvalue weighted by molar-refractivity contribution is -0.118. The number of ether oxygens (including phenoxy) is 1. The molecule has 0 bridgehead atoms. The van der Waals surface area contributed by atoms with E-state index in [2.05, 4.69) is 4.90 Å². The van der Waals surface area contributed by atoms with Gasteiger partial charge in [-0.25, -0.2) is 13.4 Å². The van der Waals surface area contributed by atoms with Gasteiger partial charge in [0.25, 0.3) is 0 Å². The highest BCUT2D eigenvalue weighted by molar-refractivity contribution is 7.91. The highest BCUT2D eigenvalue weighted by Gasteiger charge is 2.22. The van der Waals surface area contributed by atoms with Crippen molar-refractivity contribution in [3.8, 4) is 5.75 Å². The smallest absolute Gasteiger partial charge is 0.228 e. The molecule has 1 amide bonds. The number of hydrogen-bond acceptors (Lipinski definition) is 7. The third kappa shape index (κ3) is 6.69. The average Bonchev–Trinajstić information content (AvgIpc) is 3.20. The van der Waals surface area contributed by atoms with Gasteiger partial charge in [0.05, 0.1) is 28.0 Å². The van der Waals surface area contributed by atoms with E-state index in [-0.39, 0.29) is 29.4 Å². The summed E-state index contributed by atoms with van der Waals surface area (Å²) in [5.74, 6) is 0.354. The number of hydrogen-bond donors (Lipinski definition) is 0. The number of carbonyl (C=O) groups is 1. The van der Waals surface area contributed by atoms with Gasteiger partial charge < -0.3 is 9.64 Å². The van der Waals surface area contributed by atoms with Crippen molar-refractivity contribution >= 4 is 54.0 Å². The van der Waals surface area contributed by atoms with Crippen LogP contribution in [0.2, 0.25) is 5.02 Å². The van der Waals surface area contributed by atoms with Gasteiger partial charge in [-0.15, -0.1) is 0 Å². The van der Waals surface area contributed by atoms with E-state index in [0.29, 0.717) is 22.4 Å². The van der Waals surface area contributed by atoms with Gasteiger partial charge in [-0.3, -0.25) is 9.69 Å². The van der Waals surface area contributed by atoms with E-state index in [1.807, 2.05) is 33.2 Å². The number of carbonyl (C=O) groups excluding carboxylic acids is 1. The first-order valence-corrected chi connectivity index (χ1v) is 13.8. The average molecular weight is 524 g/mol. The van der Waals surface area contributed by atoms with E-state index >= 15 is 0 Å². The third-order valence-electron chi connectivity index (χ3n) is 5.38. The maximum atomic E-state index is 13.2. The zero-order valence-electron chi connectivity index (χ0n) is 19.9. The second-order valence-electron chi connectivity index (χ2n) is 8.37. The Bertz CT molecular complexity index is 1240. The summed E-state index contributed by atoms with van der Waals surface area (Å²) in [5, 5.41) is 1.25. The van der Waals surface area contributed by atoms with Crippen LogP contribution in [0.3, 0.4) is 0 Å². The third-order valence-corrected chi connectivity index (χ3v) is 8.44. The van der Waals surface area contributed by atoms with Crippen LogP contribution < -0.4 is 9.64 Å². The molecule has 3 rings (SSSR count). The van der Waals surface area contributed by atoms with E-state index in [9.17, 15) is 13.2 Å². The van der Waals surface area contributed by atoms with Crippen molar-refractivity contribution in [2.24, 2.45) is 0 Å². The molecular weight excluding hydrogens is 494 g/mol. The van der Waals surface area contributed by atoms with E-state index in [1.165, 1.54) is 30.6 Å². The van der Waals surface area contributed by atoms with Crippen molar-refractivity contribution in [1.29, 1.82) is 0 Å². The van der Waals surface area contributed by atoms with Gasteiger partial charge in [0.2, 0.25) is 5.91 Å². The molecule has 10 heteroatoms. The molecule has 0 fully saturated rings. The van der Waals surface area contributed by atoms with Gasteiger partial charge in [-0.05, 0) is 82.4 Å². The summed E-state index contributed by atoms with van der Waals surface area (Å²) in [4.78, 5) is 21.9. The summed E-state index contributed by atoms with van der Waals surface area (Å²) in [6.07, 6.45) is 1.12. The maximum absolute atomic E-state index is 13.2. The Balaban J connectivity index is 1.73. The predicted molar refractivity (Wildman–Crippen MR) is 139 cm³/mol. The number of halogens is 1. The molecule has 0 aliphatic rings. The van der Waals surface area contributed by atoms with Crippen LogP contribution >= 0.6 is 22.9 Å². The Kier molecular flexibility index (Phi) is 8.92. The van der Waals surface area contributed by atoms with Crippen LogP contribution in [0.4, 0.5) is 5.13 Å². The number of anilines is 1. The lowest BCUT2D eigenvalue weighted by Gasteiger charge is -2.21. The summed E-state index contributed by atoms with van der Waals surface area (Å²) in [7, 11) is 2.01. The fourth-order valence-electron chi connectivity index (χ4n) is 3.58.